The van der Waals surface area contributed by atoms with Crippen LogP contribution in [0.3, 0.4) is 0 Å². The number of nitrogens with one attached hydrogen (secondary N) is 2. The van der Waals surface area contributed by atoms with Crippen LogP contribution in [-0.4, -0.2) is 32.1 Å². The quantitative estimate of drug-likeness (QED) is 0.814. The summed E-state index contributed by atoms with van der Waals surface area (Å²) in [7, 11) is 1.56. The van der Waals surface area contributed by atoms with Gasteiger partial charge in [0.25, 0.3) is 0 Å². The molecule has 1 aliphatic heterocycles. The van der Waals surface area contributed by atoms with Crippen molar-refractivity contribution in [2.75, 3.05) is 30.4 Å². The Balaban J connectivity index is 1.58. The molecule has 0 spiro atoms. The molecule has 7 heteroatoms. The fourth-order valence-corrected chi connectivity index (χ4v) is 3.10. The lowest BCUT2D eigenvalue weighted by atomic mass is 10.1. The molecule has 6 nitrogen and oxygen atoms in total. The van der Waals surface area contributed by atoms with Crippen molar-refractivity contribution in [1.29, 1.82) is 0 Å². The summed E-state index contributed by atoms with van der Waals surface area (Å²) < 4.78 is 5.12. The number of aryl methyl sites for hydroxylation is 1. The van der Waals surface area contributed by atoms with Crippen LogP contribution in [0, 0.1) is 0 Å². The molecule has 2 aromatic rings. The average molecular weight is 374 g/mol. The van der Waals surface area contributed by atoms with Crippen molar-refractivity contribution in [2.45, 2.75) is 12.8 Å². The molecule has 0 aliphatic carbocycles. The minimum atomic E-state index is -0.120. The summed E-state index contributed by atoms with van der Waals surface area (Å²) in [5.41, 5.74) is 2.40. The van der Waals surface area contributed by atoms with Crippen LogP contribution in [0.1, 0.15) is 12.0 Å². The van der Waals surface area contributed by atoms with E-state index in [9.17, 15) is 9.59 Å². The fourth-order valence-electron chi connectivity index (χ4n) is 2.82. The molecule has 3 amide bonds. The van der Waals surface area contributed by atoms with Crippen LogP contribution >= 0.6 is 11.6 Å². The number of carbonyl (C=O) groups excluding carboxylic acids is 2. The van der Waals surface area contributed by atoms with E-state index in [-0.39, 0.29) is 11.9 Å². The predicted octanol–water partition coefficient (Wildman–Crippen LogP) is 3.45. The first-order valence-corrected chi connectivity index (χ1v) is 8.72. The summed E-state index contributed by atoms with van der Waals surface area (Å²) >= 11 is 6.10. The molecule has 2 aromatic carbocycles. The zero-order valence-electron chi connectivity index (χ0n) is 14.4. The van der Waals surface area contributed by atoms with Crippen LogP contribution in [0.15, 0.2) is 42.5 Å². The lowest BCUT2D eigenvalue weighted by molar-refractivity contribution is -0.116. The van der Waals surface area contributed by atoms with E-state index in [0.29, 0.717) is 42.4 Å². The number of methoxy groups -OCH3 is 1. The van der Waals surface area contributed by atoms with Crippen molar-refractivity contribution in [3.05, 3.63) is 53.1 Å². The highest BCUT2D eigenvalue weighted by Gasteiger charge is 2.21. The third kappa shape index (κ3) is 4.26. The highest BCUT2D eigenvalue weighted by molar-refractivity contribution is 6.32. The molecule has 1 heterocycles. The minimum absolute atomic E-state index is 0.0973. The second kappa shape index (κ2) is 8.10. The second-order valence-electron chi connectivity index (χ2n) is 5.95. The molecule has 0 atom stereocenters. The number of anilines is 2. The van der Waals surface area contributed by atoms with E-state index in [0.717, 1.165) is 11.3 Å². The number of urea groups is 1. The molecule has 1 saturated heterocycles. The van der Waals surface area contributed by atoms with Crippen LogP contribution in [0.2, 0.25) is 5.02 Å². The van der Waals surface area contributed by atoms with E-state index in [1.165, 1.54) is 0 Å². The molecular formula is C19H20ClN3O3. The summed E-state index contributed by atoms with van der Waals surface area (Å²) in [6.07, 6.45) is 0.904. The Kier molecular flexibility index (Phi) is 5.63. The van der Waals surface area contributed by atoms with Gasteiger partial charge in [0.05, 0.1) is 12.1 Å². The number of ether oxygens (including phenoxy) is 1. The summed E-state index contributed by atoms with van der Waals surface area (Å²) in [5, 5.41) is 6.16. The Morgan fingerprint density at radius 3 is 2.85 bits per heavy atom. The molecule has 1 aliphatic rings. The van der Waals surface area contributed by atoms with Crippen molar-refractivity contribution < 1.29 is 14.3 Å². The first-order chi connectivity index (χ1) is 12.6. The third-order valence-electron chi connectivity index (χ3n) is 4.16. The summed E-state index contributed by atoms with van der Waals surface area (Å²) in [4.78, 5) is 25.6. The van der Waals surface area contributed by atoms with Crippen molar-refractivity contribution in [3.63, 3.8) is 0 Å². The monoisotopic (exact) mass is 373 g/mol. The number of halogens is 1. The maximum atomic E-state index is 12.2. The summed E-state index contributed by atoms with van der Waals surface area (Å²) in [6.45, 7) is 1.24. The van der Waals surface area contributed by atoms with Gasteiger partial charge in [0, 0.05) is 30.9 Å². The topological polar surface area (TPSA) is 70.7 Å². The maximum absolute atomic E-state index is 12.2. The molecule has 3 rings (SSSR count). The molecule has 0 aromatic heterocycles. The van der Waals surface area contributed by atoms with Crippen molar-refractivity contribution in [2.24, 2.45) is 0 Å². The third-order valence-corrected chi connectivity index (χ3v) is 4.45. The molecule has 136 valence electrons. The number of nitrogens with zero attached hydrogens (tertiary/aromatic N) is 1. The van der Waals surface area contributed by atoms with Gasteiger partial charge in [-0.25, -0.2) is 4.79 Å². The second-order valence-corrected chi connectivity index (χ2v) is 6.36. The zero-order valence-corrected chi connectivity index (χ0v) is 15.2. The molecule has 0 unspecified atom stereocenters. The van der Waals surface area contributed by atoms with E-state index in [1.54, 1.807) is 36.3 Å². The van der Waals surface area contributed by atoms with Gasteiger partial charge in [-0.15, -0.1) is 0 Å². The highest BCUT2D eigenvalue weighted by atomic mass is 35.5. The summed E-state index contributed by atoms with van der Waals surface area (Å²) in [5.74, 6) is 0.516. The van der Waals surface area contributed by atoms with Gasteiger partial charge in [-0.3, -0.25) is 9.69 Å². The Labute approximate surface area is 157 Å². The van der Waals surface area contributed by atoms with Gasteiger partial charge in [-0.2, -0.15) is 0 Å². The Morgan fingerprint density at radius 1 is 1.31 bits per heavy atom. The van der Waals surface area contributed by atoms with E-state index in [4.69, 9.17) is 16.3 Å². The Hall–Kier alpha value is -2.73. The zero-order chi connectivity index (χ0) is 18.5. The van der Waals surface area contributed by atoms with Crippen LogP contribution < -0.4 is 20.3 Å². The molecule has 0 saturated carbocycles. The molecule has 26 heavy (non-hydrogen) atoms. The summed E-state index contributed by atoms with van der Waals surface area (Å²) in [6, 6.07) is 12.6. The van der Waals surface area contributed by atoms with Gasteiger partial charge in [-0.05, 0) is 42.3 Å². The van der Waals surface area contributed by atoms with Gasteiger partial charge in [0.15, 0.2) is 0 Å². The number of hydrogen-bond acceptors (Lipinski definition) is 3. The molecular weight excluding hydrogens is 354 g/mol. The van der Waals surface area contributed by atoms with Gasteiger partial charge >= 0.3 is 6.03 Å². The fraction of sp³-hybridized carbons (Fsp3) is 0.263. The van der Waals surface area contributed by atoms with Crippen molar-refractivity contribution in [1.82, 2.24) is 5.32 Å². The van der Waals surface area contributed by atoms with Crippen LogP contribution in [-0.2, 0) is 11.2 Å². The van der Waals surface area contributed by atoms with E-state index in [1.807, 2.05) is 18.2 Å². The average Bonchev–Trinajstić information content (AvgIpc) is 3.06. The number of carbonyl (C=O) groups is 2. The van der Waals surface area contributed by atoms with Gasteiger partial charge in [0.1, 0.15) is 5.75 Å². The predicted molar refractivity (Wildman–Crippen MR) is 102 cm³/mol. The van der Waals surface area contributed by atoms with E-state index < -0.39 is 0 Å². The first kappa shape index (κ1) is 18.1. The van der Waals surface area contributed by atoms with Gasteiger partial charge in [-0.1, -0.05) is 23.7 Å². The van der Waals surface area contributed by atoms with E-state index in [2.05, 4.69) is 10.6 Å². The van der Waals surface area contributed by atoms with Crippen molar-refractivity contribution >= 4 is 34.9 Å². The standard InChI is InChI=1S/C19H20ClN3O3/c1-26-17-7-5-13(11-16(17)20)6-8-18(24)22-14-3-2-4-15(12-14)23-10-9-21-19(23)25/h2-5,7,11-12H,6,8-10H2,1H3,(H,21,25)(H,22,24). The lowest BCUT2D eigenvalue weighted by Crippen LogP contribution is -2.27. The largest absolute Gasteiger partial charge is 0.495 e. The molecule has 0 radical (unpaired) electrons. The number of amides is 3. The number of hydrogen-bond donors (Lipinski definition) is 2. The lowest BCUT2D eigenvalue weighted by Gasteiger charge is -2.15. The van der Waals surface area contributed by atoms with Crippen molar-refractivity contribution in [3.8, 4) is 5.75 Å². The Bertz CT molecular complexity index is 825. The highest BCUT2D eigenvalue weighted by Crippen LogP contribution is 2.25. The van der Waals surface area contributed by atoms with Crippen LogP contribution in [0.5, 0.6) is 5.75 Å². The minimum Gasteiger partial charge on any atom is -0.495 e. The van der Waals surface area contributed by atoms with Gasteiger partial charge in [0.2, 0.25) is 5.91 Å². The first-order valence-electron chi connectivity index (χ1n) is 8.34. The number of benzene rings is 2. The van der Waals surface area contributed by atoms with Gasteiger partial charge < -0.3 is 15.4 Å². The molecule has 2 N–H and O–H groups in total. The molecule has 0 bridgehead atoms. The number of rotatable bonds is 6. The van der Waals surface area contributed by atoms with Crippen LogP contribution in [0.25, 0.3) is 0 Å². The smallest absolute Gasteiger partial charge is 0.321 e. The molecule has 1 fully saturated rings. The normalized spacial score (nSPS) is 13.5. The maximum Gasteiger partial charge on any atom is 0.321 e. The Morgan fingerprint density at radius 2 is 2.15 bits per heavy atom. The van der Waals surface area contributed by atoms with E-state index >= 15 is 0 Å². The SMILES string of the molecule is COc1ccc(CCC(=O)Nc2cccc(N3CCNC3=O)c2)cc1Cl. The van der Waals surface area contributed by atoms with Crippen LogP contribution in [0.4, 0.5) is 16.2 Å².